The van der Waals surface area contributed by atoms with Crippen molar-refractivity contribution in [1.82, 2.24) is 0 Å². The van der Waals surface area contributed by atoms with Gasteiger partial charge in [0.05, 0.1) is 5.69 Å². The van der Waals surface area contributed by atoms with Crippen molar-refractivity contribution in [2.24, 2.45) is 0 Å². The van der Waals surface area contributed by atoms with E-state index in [1.54, 1.807) is 12.3 Å². The predicted molar refractivity (Wildman–Crippen MR) is 67.7 cm³/mol. The van der Waals surface area contributed by atoms with E-state index in [4.69, 9.17) is 21.1 Å². The Morgan fingerprint density at radius 3 is 2.72 bits per heavy atom. The molecule has 0 spiro atoms. The number of halogens is 1. The number of carboxylic acids is 1. The van der Waals surface area contributed by atoms with Gasteiger partial charge in [0.15, 0.2) is 11.0 Å². The fourth-order valence-electron chi connectivity index (χ4n) is 1.37. The molecule has 0 bridgehead atoms. The molecule has 0 saturated heterocycles. The molecule has 0 fully saturated rings. The van der Waals surface area contributed by atoms with Crippen LogP contribution in [0.2, 0.25) is 5.22 Å². The first-order chi connectivity index (χ1) is 8.49. The van der Waals surface area contributed by atoms with Gasteiger partial charge in [0, 0.05) is 0 Å². The van der Waals surface area contributed by atoms with Gasteiger partial charge in [-0.2, -0.15) is 0 Å². The number of carbonyl (C=O) groups excluding carboxylic acids is 1. The molecule has 0 unspecified atom stereocenters. The fraction of sp³-hybridized carbons (Fsp3) is 0.0909. The van der Waals surface area contributed by atoms with Crippen LogP contribution in [0, 0.1) is 6.92 Å². The van der Waals surface area contributed by atoms with Gasteiger partial charge in [-0.1, -0.05) is 0 Å². The lowest BCUT2D eigenvalue weighted by Gasteiger charge is -2.04. The molecule has 2 N–H and O–H groups in total. The molecule has 2 aromatic heterocycles. The van der Waals surface area contributed by atoms with Crippen LogP contribution in [-0.2, 0) is 0 Å². The second-order valence-electron chi connectivity index (χ2n) is 3.49. The van der Waals surface area contributed by atoms with Gasteiger partial charge in [-0.05, 0) is 41.6 Å². The number of carbonyl (C=O) groups is 2. The summed E-state index contributed by atoms with van der Waals surface area (Å²) in [5, 5.41) is 13.2. The number of furan rings is 1. The van der Waals surface area contributed by atoms with Gasteiger partial charge in [-0.15, -0.1) is 11.3 Å². The molecule has 0 aliphatic rings. The first-order valence-corrected chi connectivity index (χ1v) is 6.13. The first kappa shape index (κ1) is 12.7. The van der Waals surface area contributed by atoms with Gasteiger partial charge in [-0.3, -0.25) is 4.79 Å². The summed E-state index contributed by atoms with van der Waals surface area (Å²) in [6.45, 7) is 1.72. The van der Waals surface area contributed by atoms with E-state index < -0.39 is 11.9 Å². The smallest absolute Gasteiger partial charge is 0.348 e. The number of anilines is 1. The van der Waals surface area contributed by atoms with E-state index in [-0.39, 0.29) is 21.5 Å². The van der Waals surface area contributed by atoms with Crippen LogP contribution in [0.25, 0.3) is 0 Å². The van der Waals surface area contributed by atoms with Crippen LogP contribution in [0.15, 0.2) is 21.9 Å². The highest BCUT2D eigenvalue weighted by Gasteiger charge is 2.19. The molecule has 2 aromatic rings. The van der Waals surface area contributed by atoms with Crippen LogP contribution in [0.4, 0.5) is 5.69 Å². The Hall–Kier alpha value is -1.79. The van der Waals surface area contributed by atoms with Gasteiger partial charge in [0.25, 0.3) is 5.91 Å². The zero-order valence-corrected chi connectivity index (χ0v) is 10.8. The molecule has 5 nitrogen and oxygen atoms in total. The maximum absolute atomic E-state index is 11.8. The number of nitrogens with one attached hydrogen (secondary N) is 1. The second kappa shape index (κ2) is 4.83. The van der Waals surface area contributed by atoms with Crippen LogP contribution in [0.1, 0.15) is 25.8 Å². The predicted octanol–water partition coefficient (Wildman–Crippen LogP) is 3.25. The number of hydrogen-bond acceptors (Lipinski definition) is 4. The topological polar surface area (TPSA) is 79.5 Å². The van der Waals surface area contributed by atoms with Crippen LogP contribution in [-0.4, -0.2) is 17.0 Å². The molecular weight excluding hydrogens is 278 g/mol. The average Bonchev–Trinajstić information content (AvgIpc) is 2.87. The Morgan fingerprint density at radius 2 is 2.17 bits per heavy atom. The maximum Gasteiger partial charge on any atom is 0.348 e. The second-order valence-corrected chi connectivity index (χ2v) is 4.74. The Bertz CT molecular complexity index is 616. The van der Waals surface area contributed by atoms with Gasteiger partial charge in [0.1, 0.15) is 4.88 Å². The van der Waals surface area contributed by atoms with Crippen molar-refractivity contribution in [3.05, 3.63) is 38.9 Å². The quantitative estimate of drug-likeness (QED) is 0.907. The number of carboxylic acid groups (broad SMARTS) is 1. The molecule has 0 atom stereocenters. The van der Waals surface area contributed by atoms with E-state index in [2.05, 4.69) is 5.32 Å². The van der Waals surface area contributed by atoms with Crippen molar-refractivity contribution in [2.75, 3.05) is 5.32 Å². The number of thiophene rings is 1. The van der Waals surface area contributed by atoms with E-state index in [0.717, 1.165) is 11.3 Å². The Kier molecular flexibility index (Phi) is 3.40. The molecule has 0 radical (unpaired) electrons. The minimum absolute atomic E-state index is 0.0296. The molecule has 18 heavy (non-hydrogen) atoms. The molecule has 7 heteroatoms. The lowest BCUT2D eigenvalue weighted by Crippen LogP contribution is -2.13. The van der Waals surface area contributed by atoms with Gasteiger partial charge < -0.3 is 14.8 Å². The number of rotatable bonds is 3. The molecule has 0 aromatic carbocycles. The Labute approximate surface area is 111 Å². The number of hydrogen-bond donors (Lipinski definition) is 2. The van der Waals surface area contributed by atoms with E-state index in [9.17, 15) is 9.59 Å². The number of aromatic carboxylic acids is 1. The molecule has 0 saturated carbocycles. The summed E-state index contributed by atoms with van der Waals surface area (Å²) in [6, 6.07) is 2.86. The number of amides is 1. The van der Waals surface area contributed by atoms with Crippen LogP contribution in [0.3, 0.4) is 0 Å². The van der Waals surface area contributed by atoms with Crippen molar-refractivity contribution in [3.8, 4) is 0 Å². The highest BCUT2D eigenvalue weighted by Crippen LogP contribution is 2.28. The van der Waals surface area contributed by atoms with Crippen molar-refractivity contribution in [3.63, 3.8) is 0 Å². The summed E-state index contributed by atoms with van der Waals surface area (Å²) < 4.78 is 4.94. The van der Waals surface area contributed by atoms with E-state index >= 15 is 0 Å². The molecule has 94 valence electrons. The van der Waals surface area contributed by atoms with Gasteiger partial charge >= 0.3 is 5.97 Å². The summed E-state index contributed by atoms with van der Waals surface area (Å²) in [5.74, 6) is -1.59. The van der Waals surface area contributed by atoms with Gasteiger partial charge in [0.2, 0.25) is 0 Å². The summed E-state index contributed by atoms with van der Waals surface area (Å²) in [6.07, 6.45) is 0. The summed E-state index contributed by atoms with van der Waals surface area (Å²) >= 11 is 6.62. The molecule has 0 aliphatic carbocycles. The summed E-state index contributed by atoms with van der Waals surface area (Å²) in [5.41, 5.74) is 0.966. The van der Waals surface area contributed by atoms with E-state index in [1.165, 1.54) is 12.1 Å². The van der Waals surface area contributed by atoms with Crippen LogP contribution in [0.5, 0.6) is 0 Å². The summed E-state index contributed by atoms with van der Waals surface area (Å²) in [4.78, 5) is 22.9. The third-order valence-corrected chi connectivity index (χ3v) is 3.49. The largest absolute Gasteiger partial charge is 0.477 e. The van der Waals surface area contributed by atoms with Crippen molar-refractivity contribution in [2.45, 2.75) is 6.92 Å². The average molecular weight is 286 g/mol. The fourth-order valence-corrected chi connectivity index (χ4v) is 2.36. The SMILES string of the molecule is Cc1csc(C(=O)O)c1NC(=O)c1ccc(Cl)o1. The van der Waals surface area contributed by atoms with Crippen LogP contribution >= 0.6 is 22.9 Å². The first-order valence-electron chi connectivity index (χ1n) is 4.87. The zero-order valence-electron chi connectivity index (χ0n) is 9.19. The Morgan fingerprint density at radius 1 is 1.44 bits per heavy atom. The van der Waals surface area contributed by atoms with Crippen molar-refractivity contribution >= 4 is 40.5 Å². The molecule has 0 aliphatic heterocycles. The van der Waals surface area contributed by atoms with Crippen molar-refractivity contribution in [1.29, 1.82) is 0 Å². The Balaban J connectivity index is 2.27. The lowest BCUT2D eigenvalue weighted by atomic mass is 10.2. The highest BCUT2D eigenvalue weighted by atomic mass is 35.5. The molecule has 1 amide bonds. The minimum atomic E-state index is -1.08. The molecule has 2 rings (SSSR count). The maximum atomic E-state index is 11.8. The van der Waals surface area contributed by atoms with Crippen molar-refractivity contribution < 1.29 is 19.1 Å². The third-order valence-electron chi connectivity index (χ3n) is 2.20. The monoisotopic (exact) mass is 285 g/mol. The lowest BCUT2D eigenvalue weighted by molar-refractivity contribution is 0.0703. The minimum Gasteiger partial charge on any atom is -0.477 e. The van der Waals surface area contributed by atoms with E-state index in [1.807, 2.05) is 0 Å². The molecule has 2 heterocycles. The standard InChI is InChI=1S/C11H8ClNO4S/c1-5-4-18-9(11(15)16)8(5)13-10(14)6-2-3-7(12)17-6/h2-4H,1H3,(H,13,14)(H,15,16). The highest BCUT2D eigenvalue weighted by molar-refractivity contribution is 7.12. The van der Waals surface area contributed by atoms with E-state index in [0.29, 0.717) is 5.56 Å². The third kappa shape index (κ3) is 2.39. The van der Waals surface area contributed by atoms with Crippen LogP contribution < -0.4 is 5.32 Å². The van der Waals surface area contributed by atoms with Gasteiger partial charge in [-0.25, -0.2) is 4.79 Å². The molecular formula is C11H8ClNO4S. The summed E-state index contributed by atoms with van der Waals surface area (Å²) in [7, 11) is 0. The normalized spacial score (nSPS) is 10.3. The number of aryl methyl sites for hydroxylation is 1. The zero-order chi connectivity index (χ0) is 13.3.